The number of pyridine rings is 1. The molecule has 14 heavy (non-hydrogen) atoms. The zero-order valence-electron chi connectivity index (χ0n) is 7.18. The second-order valence-corrected chi connectivity index (χ2v) is 2.64. The van der Waals surface area contributed by atoms with Gasteiger partial charge in [0, 0.05) is 6.20 Å². The highest BCUT2D eigenvalue weighted by atomic mass is 19.1. The maximum atomic E-state index is 13.4. The molecule has 0 bridgehead atoms. The average molecular weight is 190 g/mol. The zero-order chi connectivity index (χ0) is 9.97. The van der Waals surface area contributed by atoms with Crippen LogP contribution >= 0.6 is 0 Å². The van der Waals surface area contributed by atoms with Crippen molar-refractivity contribution in [2.45, 2.75) is 0 Å². The summed E-state index contributed by atoms with van der Waals surface area (Å²) < 4.78 is 13.4. The fourth-order valence-electron chi connectivity index (χ4n) is 1.06. The van der Waals surface area contributed by atoms with Gasteiger partial charge in [0.1, 0.15) is 12.0 Å². The SMILES string of the molecule is Nc1ncnc(-c2ccccn2)c1F. The van der Waals surface area contributed by atoms with E-state index in [-0.39, 0.29) is 11.5 Å². The summed E-state index contributed by atoms with van der Waals surface area (Å²) in [6.07, 6.45) is 2.77. The van der Waals surface area contributed by atoms with Crippen LogP contribution in [0, 0.1) is 5.82 Å². The first-order chi connectivity index (χ1) is 6.79. The molecule has 5 heteroatoms. The molecule has 0 radical (unpaired) electrons. The molecule has 0 aliphatic carbocycles. The lowest BCUT2D eigenvalue weighted by Gasteiger charge is -2.01. The largest absolute Gasteiger partial charge is 0.381 e. The summed E-state index contributed by atoms with van der Waals surface area (Å²) in [4.78, 5) is 11.3. The van der Waals surface area contributed by atoms with Gasteiger partial charge in [0.2, 0.25) is 0 Å². The van der Waals surface area contributed by atoms with Gasteiger partial charge < -0.3 is 5.73 Å². The third-order valence-electron chi connectivity index (χ3n) is 1.72. The molecular weight excluding hydrogens is 183 g/mol. The summed E-state index contributed by atoms with van der Waals surface area (Å²) in [5.41, 5.74) is 5.87. The predicted octanol–water partition coefficient (Wildman–Crippen LogP) is 1.26. The van der Waals surface area contributed by atoms with E-state index in [1.807, 2.05) is 0 Å². The number of rotatable bonds is 1. The third kappa shape index (κ3) is 1.39. The number of nitrogen functional groups attached to an aromatic ring is 1. The lowest BCUT2D eigenvalue weighted by Crippen LogP contribution is -2.00. The molecule has 2 rings (SSSR count). The zero-order valence-corrected chi connectivity index (χ0v) is 7.18. The Bertz CT molecular complexity index is 444. The predicted molar refractivity (Wildman–Crippen MR) is 49.6 cm³/mol. The Morgan fingerprint density at radius 1 is 1.14 bits per heavy atom. The van der Waals surface area contributed by atoms with Gasteiger partial charge in [-0.05, 0) is 12.1 Å². The van der Waals surface area contributed by atoms with Crippen LogP contribution in [0.25, 0.3) is 11.4 Å². The Kier molecular flexibility index (Phi) is 2.06. The normalized spacial score (nSPS) is 10.1. The van der Waals surface area contributed by atoms with Crippen LogP contribution in [-0.4, -0.2) is 15.0 Å². The summed E-state index contributed by atoms with van der Waals surface area (Å²) in [5, 5.41) is 0. The van der Waals surface area contributed by atoms with Crippen molar-refractivity contribution in [3.05, 3.63) is 36.5 Å². The van der Waals surface area contributed by atoms with Gasteiger partial charge in [-0.25, -0.2) is 14.4 Å². The van der Waals surface area contributed by atoms with Gasteiger partial charge >= 0.3 is 0 Å². The molecule has 0 aromatic carbocycles. The van der Waals surface area contributed by atoms with Crippen LogP contribution in [0.1, 0.15) is 0 Å². The van der Waals surface area contributed by atoms with E-state index < -0.39 is 5.82 Å². The van der Waals surface area contributed by atoms with Crippen molar-refractivity contribution in [2.75, 3.05) is 5.73 Å². The van der Waals surface area contributed by atoms with Crippen LogP contribution in [0.2, 0.25) is 0 Å². The van der Waals surface area contributed by atoms with E-state index in [0.717, 1.165) is 0 Å². The summed E-state index contributed by atoms with van der Waals surface area (Å²) in [7, 11) is 0. The van der Waals surface area contributed by atoms with E-state index in [1.165, 1.54) is 6.33 Å². The number of halogens is 1. The maximum Gasteiger partial charge on any atom is 0.193 e. The minimum Gasteiger partial charge on any atom is -0.381 e. The van der Waals surface area contributed by atoms with Gasteiger partial charge in [-0.1, -0.05) is 6.07 Å². The van der Waals surface area contributed by atoms with E-state index >= 15 is 0 Å². The van der Waals surface area contributed by atoms with E-state index in [9.17, 15) is 4.39 Å². The van der Waals surface area contributed by atoms with Crippen LogP contribution in [-0.2, 0) is 0 Å². The molecule has 2 N–H and O–H groups in total. The van der Waals surface area contributed by atoms with Crippen LogP contribution < -0.4 is 5.73 Å². The van der Waals surface area contributed by atoms with Crippen molar-refractivity contribution in [3.63, 3.8) is 0 Å². The number of anilines is 1. The molecule has 0 spiro atoms. The van der Waals surface area contributed by atoms with Gasteiger partial charge in [-0.15, -0.1) is 0 Å². The minimum atomic E-state index is -0.633. The highest BCUT2D eigenvalue weighted by Gasteiger charge is 2.10. The fraction of sp³-hybridized carbons (Fsp3) is 0. The summed E-state index contributed by atoms with van der Waals surface area (Å²) in [5.74, 6) is -0.799. The monoisotopic (exact) mass is 190 g/mol. The standard InChI is InChI=1S/C9H7FN4/c10-7-8(13-5-14-9(7)11)6-3-1-2-4-12-6/h1-5H,(H2,11,13,14). The second-order valence-electron chi connectivity index (χ2n) is 2.64. The van der Waals surface area contributed by atoms with Gasteiger partial charge in [-0.3, -0.25) is 4.98 Å². The molecule has 70 valence electrons. The van der Waals surface area contributed by atoms with Crippen LogP contribution in [0.15, 0.2) is 30.7 Å². The average Bonchev–Trinajstić information content (AvgIpc) is 2.23. The van der Waals surface area contributed by atoms with Crippen molar-refractivity contribution in [3.8, 4) is 11.4 Å². The van der Waals surface area contributed by atoms with Crippen LogP contribution in [0.4, 0.5) is 10.2 Å². The quantitative estimate of drug-likeness (QED) is 0.735. The Labute approximate surface area is 79.7 Å². The summed E-state index contributed by atoms with van der Waals surface area (Å²) in [6, 6.07) is 5.15. The van der Waals surface area contributed by atoms with E-state index in [0.29, 0.717) is 5.69 Å². The van der Waals surface area contributed by atoms with Crippen LogP contribution in [0.3, 0.4) is 0 Å². The molecule has 0 saturated heterocycles. The first kappa shape index (κ1) is 8.55. The topological polar surface area (TPSA) is 64.7 Å². The van der Waals surface area contributed by atoms with Crippen molar-refractivity contribution < 1.29 is 4.39 Å². The third-order valence-corrected chi connectivity index (χ3v) is 1.72. The Morgan fingerprint density at radius 2 is 2.00 bits per heavy atom. The van der Waals surface area contributed by atoms with Crippen molar-refractivity contribution in [2.24, 2.45) is 0 Å². The van der Waals surface area contributed by atoms with Gasteiger partial charge in [0.05, 0.1) is 5.69 Å². The smallest absolute Gasteiger partial charge is 0.193 e. The fourth-order valence-corrected chi connectivity index (χ4v) is 1.06. The molecule has 0 fully saturated rings. The van der Waals surface area contributed by atoms with E-state index in [4.69, 9.17) is 5.73 Å². The van der Waals surface area contributed by atoms with Crippen LogP contribution in [0.5, 0.6) is 0 Å². The van der Waals surface area contributed by atoms with E-state index in [1.54, 1.807) is 24.4 Å². The molecule has 4 nitrogen and oxygen atoms in total. The Balaban J connectivity index is 2.58. The van der Waals surface area contributed by atoms with Gasteiger partial charge in [0.25, 0.3) is 0 Å². The highest BCUT2D eigenvalue weighted by Crippen LogP contribution is 2.19. The van der Waals surface area contributed by atoms with Crippen molar-refractivity contribution in [1.29, 1.82) is 0 Å². The van der Waals surface area contributed by atoms with Gasteiger partial charge in [0.15, 0.2) is 11.6 Å². The number of hydrogen-bond donors (Lipinski definition) is 1. The second kappa shape index (κ2) is 3.37. The first-order valence-corrected chi connectivity index (χ1v) is 3.96. The lowest BCUT2D eigenvalue weighted by atomic mass is 10.2. The van der Waals surface area contributed by atoms with Crippen molar-refractivity contribution in [1.82, 2.24) is 15.0 Å². The molecule has 0 aliphatic rings. The molecule has 0 saturated carbocycles. The van der Waals surface area contributed by atoms with Crippen molar-refractivity contribution >= 4 is 5.82 Å². The minimum absolute atomic E-state index is 0.123. The summed E-state index contributed by atoms with van der Waals surface area (Å²) in [6.45, 7) is 0. The number of aromatic nitrogens is 3. The van der Waals surface area contributed by atoms with Gasteiger partial charge in [-0.2, -0.15) is 0 Å². The lowest BCUT2D eigenvalue weighted by molar-refractivity contribution is 0.623. The number of hydrogen-bond acceptors (Lipinski definition) is 4. The number of nitrogens with two attached hydrogens (primary N) is 1. The molecule has 0 amide bonds. The molecule has 2 aromatic heterocycles. The molecule has 2 aromatic rings. The first-order valence-electron chi connectivity index (χ1n) is 3.96. The molecule has 0 unspecified atom stereocenters. The Hall–Kier alpha value is -2.04. The molecular formula is C9H7FN4. The molecule has 2 heterocycles. The highest BCUT2D eigenvalue weighted by molar-refractivity contribution is 5.57. The maximum absolute atomic E-state index is 13.4. The van der Waals surface area contributed by atoms with E-state index in [2.05, 4.69) is 15.0 Å². The summed E-state index contributed by atoms with van der Waals surface area (Å²) >= 11 is 0. The Morgan fingerprint density at radius 3 is 2.71 bits per heavy atom. The molecule has 0 atom stereocenters. The molecule has 0 aliphatic heterocycles. The number of nitrogens with zero attached hydrogens (tertiary/aromatic N) is 3.